The van der Waals surface area contributed by atoms with Gasteiger partial charge in [0, 0.05) is 6.54 Å². The summed E-state index contributed by atoms with van der Waals surface area (Å²) in [5, 5.41) is 29.8. The lowest BCUT2D eigenvalue weighted by atomic mass is 10.1. The van der Waals surface area contributed by atoms with Crippen LogP contribution in [-0.2, 0) is 4.79 Å². The summed E-state index contributed by atoms with van der Waals surface area (Å²) in [4.78, 5) is 11.5. The van der Waals surface area contributed by atoms with Crippen molar-refractivity contribution in [2.75, 3.05) is 6.54 Å². The molecule has 0 atom stereocenters. The number of phenolic OH excluding ortho intramolecular Hbond substituents is 2. The summed E-state index contributed by atoms with van der Waals surface area (Å²) in [6.45, 7) is 3.71. The molecule has 0 heterocycles. The number of amides is 1. The van der Waals surface area contributed by atoms with Gasteiger partial charge in [-0.1, -0.05) is 12.1 Å². The van der Waals surface area contributed by atoms with Crippen LogP contribution in [-0.4, -0.2) is 22.7 Å². The van der Waals surface area contributed by atoms with Crippen LogP contribution in [0.4, 0.5) is 0 Å². The lowest BCUT2D eigenvalue weighted by Gasteiger charge is -2.02. The Bertz CT molecular complexity index is 542. The number of nitrogens with zero attached hydrogens (tertiary/aromatic N) is 1. The van der Waals surface area contributed by atoms with Crippen molar-refractivity contribution in [3.8, 4) is 17.6 Å². The van der Waals surface area contributed by atoms with Gasteiger partial charge in [-0.05, 0) is 23.8 Å². The second-order valence-electron chi connectivity index (χ2n) is 3.42. The van der Waals surface area contributed by atoms with E-state index in [-0.39, 0.29) is 23.6 Å². The fraction of sp³-hybridized carbons (Fsp3) is 0.0769. The van der Waals surface area contributed by atoms with E-state index in [0.717, 1.165) is 0 Å². The number of carbonyl (C=O) groups excluding carboxylic acids is 1. The highest BCUT2D eigenvalue weighted by Crippen LogP contribution is 2.25. The Labute approximate surface area is 104 Å². The summed E-state index contributed by atoms with van der Waals surface area (Å²) in [5.41, 5.74) is 0.345. The normalized spacial score (nSPS) is 10.5. The first-order valence-corrected chi connectivity index (χ1v) is 5.11. The van der Waals surface area contributed by atoms with Gasteiger partial charge in [0.25, 0.3) is 5.91 Å². The van der Waals surface area contributed by atoms with Crippen molar-refractivity contribution in [2.24, 2.45) is 0 Å². The van der Waals surface area contributed by atoms with Crippen LogP contribution in [0.1, 0.15) is 5.56 Å². The lowest BCUT2D eigenvalue weighted by Crippen LogP contribution is -2.24. The van der Waals surface area contributed by atoms with Crippen molar-refractivity contribution in [3.63, 3.8) is 0 Å². The number of rotatable bonds is 4. The number of benzene rings is 1. The predicted octanol–water partition coefficient (Wildman–Crippen LogP) is 1.31. The number of hydrogen-bond acceptors (Lipinski definition) is 4. The molecule has 18 heavy (non-hydrogen) atoms. The first kappa shape index (κ1) is 13.3. The van der Waals surface area contributed by atoms with Crippen LogP contribution in [0.15, 0.2) is 36.4 Å². The Balaban J connectivity index is 2.97. The quantitative estimate of drug-likeness (QED) is 0.322. The molecule has 1 aromatic carbocycles. The van der Waals surface area contributed by atoms with E-state index in [0.29, 0.717) is 5.56 Å². The van der Waals surface area contributed by atoms with Gasteiger partial charge in [-0.2, -0.15) is 5.26 Å². The zero-order valence-electron chi connectivity index (χ0n) is 9.55. The highest BCUT2D eigenvalue weighted by molar-refractivity contribution is 6.01. The van der Waals surface area contributed by atoms with E-state index < -0.39 is 5.91 Å². The van der Waals surface area contributed by atoms with Gasteiger partial charge in [0.15, 0.2) is 11.5 Å². The van der Waals surface area contributed by atoms with E-state index in [9.17, 15) is 9.90 Å². The van der Waals surface area contributed by atoms with Gasteiger partial charge in [0.05, 0.1) is 0 Å². The molecule has 1 rings (SSSR count). The molecular weight excluding hydrogens is 232 g/mol. The number of hydrogen-bond donors (Lipinski definition) is 3. The van der Waals surface area contributed by atoms with Crippen molar-refractivity contribution in [1.29, 1.82) is 5.26 Å². The zero-order valence-corrected chi connectivity index (χ0v) is 9.55. The summed E-state index contributed by atoms with van der Waals surface area (Å²) in [5.74, 6) is -1.10. The Hall–Kier alpha value is -2.74. The summed E-state index contributed by atoms with van der Waals surface area (Å²) in [6.07, 6.45) is 2.82. The lowest BCUT2D eigenvalue weighted by molar-refractivity contribution is -0.116. The van der Waals surface area contributed by atoms with Gasteiger partial charge >= 0.3 is 0 Å². The second-order valence-corrected chi connectivity index (χ2v) is 3.42. The van der Waals surface area contributed by atoms with E-state index in [2.05, 4.69) is 11.9 Å². The minimum Gasteiger partial charge on any atom is -0.504 e. The Morgan fingerprint density at radius 1 is 1.44 bits per heavy atom. The molecule has 0 aromatic heterocycles. The Kier molecular flexibility index (Phi) is 4.52. The molecule has 0 aliphatic carbocycles. The van der Waals surface area contributed by atoms with Crippen LogP contribution in [0.2, 0.25) is 0 Å². The molecule has 0 spiro atoms. The third-order valence-electron chi connectivity index (χ3n) is 2.08. The van der Waals surface area contributed by atoms with E-state index in [4.69, 9.17) is 10.4 Å². The van der Waals surface area contributed by atoms with E-state index >= 15 is 0 Å². The third kappa shape index (κ3) is 3.39. The standard InChI is InChI=1S/C13H12N2O3/c1-2-5-15-13(18)10(8-14)6-9-3-4-11(16)12(17)7-9/h2-4,6-7,16-17H,1,5H2,(H,15,18)/b10-6+. The molecule has 0 radical (unpaired) electrons. The first-order chi connectivity index (χ1) is 8.58. The SMILES string of the molecule is C=CCNC(=O)/C(C#N)=C/c1ccc(O)c(O)c1. The van der Waals surface area contributed by atoms with Crippen molar-refractivity contribution in [2.45, 2.75) is 0 Å². The number of aromatic hydroxyl groups is 2. The average molecular weight is 244 g/mol. The number of nitrogens with one attached hydrogen (secondary N) is 1. The highest BCUT2D eigenvalue weighted by Gasteiger charge is 2.08. The largest absolute Gasteiger partial charge is 0.504 e. The number of carbonyl (C=O) groups is 1. The van der Waals surface area contributed by atoms with Crippen LogP contribution in [0.3, 0.4) is 0 Å². The molecule has 0 unspecified atom stereocenters. The van der Waals surface area contributed by atoms with E-state index in [1.807, 2.05) is 0 Å². The van der Waals surface area contributed by atoms with Crippen LogP contribution in [0.5, 0.6) is 11.5 Å². The summed E-state index contributed by atoms with van der Waals surface area (Å²) >= 11 is 0. The van der Waals surface area contributed by atoms with Crippen LogP contribution < -0.4 is 5.32 Å². The van der Waals surface area contributed by atoms with Gasteiger partial charge in [0.2, 0.25) is 0 Å². The molecule has 3 N–H and O–H groups in total. The van der Waals surface area contributed by atoms with Gasteiger partial charge in [-0.15, -0.1) is 6.58 Å². The van der Waals surface area contributed by atoms with Crippen LogP contribution in [0.25, 0.3) is 6.08 Å². The monoisotopic (exact) mass is 244 g/mol. The summed E-state index contributed by atoms with van der Waals surface area (Å²) < 4.78 is 0. The average Bonchev–Trinajstić information content (AvgIpc) is 2.37. The van der Waals surface area contributed by atoms with E-state index in [1.54, 1.807) is 6.07 Å². The van der Waals surface area contributed by atoms with Crippen LogP contribution in [0, 0.1) is 11.3 Å². The molecule has 1 aromatic rings. The Morgan fingerprint density at radius 3 is 2.72 bits per heavy atom. The van der Waals surface area contributed by atoms with Gasteiger partial charge in [-0.25, -0.2) is 0 Å². The number of nitriles is 1. The zero-order chi connectivity index (χ0) is 13.5. The molecule has 92 valence electrons. The molecule has 0 aliphatic rings. The van der Waals surface area contributed by atoms with Crippen molar-refractivity contribution in [3.05, 3.63) is 42.0 Å². The van der Waals surface area contributed by atoms with E-state index in [1.165, 1.54) is 30.4 Å². The summed E-state index contributed by atoms with van der Waals surface area (Å²) in [7, 11) is 0. The van der Waals surface area contributed by atoms with Crippen molar-refractivity contribution >= 4 is 12.0 Å². The Morgan fingerprint density at radius 2 is 2.17 bits per heavy atom. The molecule has 0 bridgehead atoms. The van der Waals surface area contributed by atoms with Gasteiger partial charge in [-0.3, -0.25) is 4.79 Å². The summed E-state index contributed by atoms with van der Waals surface area (Å²) in [6, 6.07) is 5.78. The molecular formula is C13H12N2O3. The van der Waals surface area contributed by atoms with Crippen molar-refractivity contribution < 1.29 is 15.0 Å². The van der Waals surface area contributed by atoms with Gasteiger partial charge in [0.1, 0.15) is 11.6 Å². The maximum Gasteiger partial charge on any atom is 0.262 e. The van der Waals surface area contributed by atoms with Crippen molar-refractivity contribution in [1.82, 2.24) is 5.32 Å². The van der Waals surface area contributed by atoms with Gasteiger partial charge < -0.3 is 15.5 Å². The second kappa shape index (κ2) is 6.11. The number of phenols is 2. The minimum atomic E-state index is -0.523. The molecule has 0 fully saturated rings. The smallest absolute Gasteiger partial charge is 0.262 e. The minimum absolute atomic E-state index is 0.0954. The first-order valence-electron chi connectivity index (χ1n) is 5.11. The maximum absolute atomic E-state index is 11.5. The molecule has 1 amide bonds. The maximum atomic E-state index is 11.5. The molecule has 5 nitrogen and oxygen atoms in total. The third-order valence-corrected chi connectivity index (χ3v) is 2.08. The topological polar surface area (TPSA) is 93.4 Å². The molecule has 0 saturated carbocycles. The van der Waals surface area contributed by atoms with Crippen LogP contribution >= 0.6 is 0 Å². The molecule has 0 aliphatic heterocycles. The molecule has 5 heteroatoms. The predicted molar refractivity (Wildman–Crippen MR) is 66.6 cm³/mol. The molecule has 0 saturated heterocycles. The highest BCUT2D eigenvalue weighted by atomic mass is 16.3. The fourth-order valence-electron chi connectivity index (χ4n) is 1.21. The fourth-order valence-corrected chi connectivity index (χ4v) is 1.21.